The zero-order valence-electron chi connectivity index (χ0n) is 12.8. The molecule has 1 fully saturated rings. The Hall–Kier alpha value is -1.07. The van der Waals surface area contributed by atoms with Crippen molar-refractivity contribution >= 4 is 22.2 Å². The maximum atomic E-state index is 12.7. The molecule has 3 rings (SSSR count). The van der Waals surface area contributed by atoms with E-state index in [2.05, 4.69) is 10.6 Å². The monoisotopic (exact) mass is 308 g/mol. The van der Waals surface area contributed by atoms with Crippen molar-refractivity contribution in [2.45, 2.75) is 57.1 Å². The summed E-state index contributed by atoms with van der Waals surface area (Å²) in [6.07, 6.45) is 7.86. The largest absolute Gasteiger partial charge is 0.381 e. The fraction of sp³-hybridized carbons (Fsp3) is 0.688. The molecule has 5 heteroatoms. The topological polar surface area (TPSA) is 50.4 Å². The molecule has 0 saturated heterocycles. The number of anilines is 1. The molecule has 116 valence electrons. The van der Waals surface area contributed by atoms with Crippen LogP contribution in [-0.2, 0) is 17.6 Å². The van der Waals surface area contributed by atoms with Gasteiger partial charge in [-0.05, 0) is 50.5 Å². The number of hydrogen-bond donors (Lipinski definition) is 2. The van der Waals surface area contributed by atoms with E-state index in [1.807, 2.05) is 7.05 Å². The molecule has 1 saturated carbocycles. The number of thiophene rings is 1. The summed E-state index contributed by atoms with van der Waals surface area (Å²) in [7, 11) is 3.68. The van der Waals surface area contributed by atoms with Gasteiger partial charge in [0.05, 0.1) is 11.7 Å². The van der Waals surface area contributed by atoms with Crippen LogP contribution in [-0.4, -0.2) is 32.2 Å². The van der Waals surface area contributed by atoms with Crippen molar-refractivity contribution in [3.8, 4) is 0 Å². The molecule has 0 radical (unpaired) electrons. The molecule has 0 aliphatic heterocycles. The van der Waals surface area contributed by atoms with Crippen molar-refractivity contribution < 1.29 is 9.53 Å². The van der Waals surface area contributed by atoms with E-state index >= 15 is 0 Å². The van der Waals surface area contributed by atoms with Crippen LogP contribution in [0.1, 0.15) is 52.9 Å². The van der Waals surface area contributed by atoms with E-state index in [1.165, 1.54) is 16.9 Å². The van der Waals surface area contributed by atoms with Crippen LogP contribution in [0.3, 0.4) is 0 Å². The lowest BCUT2D eigenvalue weighted by Crippen LogP contribution is -2.39. The van der Waals surface area contributed by atoms with E-state index in [1.54, 1.807) is 18.4 Å². The Morgan fingerprint density at radius 3 is 2.67 bits per heavy atom. The van der Waals surface area contributed by atoms with E-state index in [0.29, 0.717) is 12.1 Å². The molecule has 0 bridgehead atoms. The van der Waals surface area contributed by atoms with Crippen LogP contribution in [0.4, 0.5) is 5.00 Å². The molecule has 1 aromatic heterocycles. The van der Waals surface area contributed by atoms with Crippen molar-refractivity contribution in [3.05, 3.63) is 16.0 Å². The molecule has 2 N–H and O–H groups in total. The number of nitrogens with one attached hydrogen (secondary N) is 2. The van der Waals surface area contributed by atoms with E-state index in [4.69, 9.17) is 4.74 Å². The van der Waals surface area contributed by atoms with Crippen molar-refractivity contribution in [2.75, 3.05) is 19.5 Å². The summed E-state index contributed by atoms with van der Waals surface area (Å²) in [4.78, 5) is 14.1. The van der Waals surface area contributed by atoms with Crippen LogP contribution in [0.25, 0.3) is 0 Å². The van der Waals surface area contributed by atoms with Gasteiger partial charge < -0.3 is 15.4 Å². The number of aryl methyl sites for hydroxylation is 1. The first-order valence-electron chi connectivity index (χ1n) is 7.89. The molecule has 4 nitrogen and oxygen atoms in total. The Morgan fingerprint density at radius 2 is 2.00 bits per heavy atom. The molecule has 0 atom stereocenters. The highest BCUT2D eigenvalue weighted by Crippen LogP contribution is 2.39. The first-order valence-corrected chi connectivity index (χ1v) is 8.70. The summed E-state index contributed by atoms with van der Waals surface area (Å²) >= 11 is 1.75. The maximum absolute atomic E-state index is 12.7. The van der Waals surface area contributed by atoms with E-state index in [-0.39, 0.29) is 5.91 Å². The zero-order chi connectivity index (χ0) is 14.8. The summed E-state index contributed by atoms with van der Waals surface area (Å²) < 4.78 is 5.39. The molecular formula is C16H24N2O2S. The Bertz CT molecular complexity index is 519. The summed E-state index contributed by atoms with van der Waals surface area (Å²) in [6.45, 7) is 0. The number of amides is 1. The van der Waals surface area contributed by atoms with E-state index < -0.39 is 0 Å². The zero-order valence-corrected chi connectivity index (χ0v) is 13.6. The van der Waals surface area contributed by atoms with Crippen LogP contribution in [0.2, 0.25) is 0 Å². The standard InChI is InChI=1S/C16H24N2O2S/c1-17-16-14(12-4-3-5-13(12)21-16)15(19)18-10-6-8-11(20-2)9-7-10/h10-11,17H,3-9H2,1-2H3,(H,18,19). The third kappa shape index (κ3) is 2.94. The van der Waals surface area contributed by atoms with Gasteiger partial charge in [-0.2, -0.15) is 0 Å². The van der Waals surface area contributed by atoms with Gasteiger partial charge in [0.1, 0.15) is 5.00 Å². The molecule has 0 spiro atoms. The van der Waals surface area contributed by atoms with Gasteiger partial charge >= 0.3 is 0 Å². The molecule has 0 aromatic carbocycles. The van der Waals surface area contributed by atoms with E-state index in [9.17, 15) is 4.79 Å². The summed E-state index contributed by atoms with van der Waals surface area (Å²) in [5, 5.41) is 7.47. The predicted molar refractivity (Wildman–Crippen MR) is 86.4 cm³/mol. The molecule has 1 heterocycles. The smallest absolute Gasteiger partial charge is 0.254 e. The van der Waals surface area contributed by atoms with Crippen molar-refractivity contribution in [2.24, 2.45) is 0 Å². The highest BCUT2D eigenvalue weighted by atomic mass is 32.1. The highest BCUT2D eigenvalue weighted by molar-refractivity contribution is 7.16. The Morgan fingerprint density at radius 1 is 1.24 bits per heavy atom. The molecule has 1 amide bonds. The normalized spacial score (nSPS) is 24.7. The van der Waals surface area contributed by atoms with Crippen molar-refractivity contribution in [1.29, 1.82) is 0 Å². The predicted octanol–water partition coefficient (Wildman–Crippen LogP) is 2.97. The lowest BCUT2D eigenvalue weighted by Gasteiger charge is -2.28. The second kappa shape index (κ2) is 6.36. The third-order valence-corrected chi connectivity index (χ3v) is 6.03. The molecule has 0 unspecified atom stereocenters. The highest BCUT2D eigenvalue weighted by Gasteiger charge is 2.28. The quantitative estimate of drug-likeness (QED) is 0.899. The number of methoxy groups -OCH3 is 1. The van der Waals surface area contributed by atoms with Crippen LogP contribution >= 0.6 is 11.3 Å². The van der Waals surface area contributed by atoms with Gasteiger partial charge in [-0.25, -0.2) is 0 Å². The van der Waals surface area contributed by atoms with Gasteiger partial charge in [0, 0.05) is 25.1 Å². The minimum atomic E-state index is 0.111. The average molecular weight is 308 g/mol. The molecular weight excluding hydrogens is 284 g/mol. The first-order chi connectivity index (χ1) is 10.2. The Balaban J connectivity index is 1.69. The van der Waals surface area contributed by atoms with Crippen LogP contribution in [0.15, 0.2) is 0 Å². The number of rotatable bonds is 4. The van der Waals surface area contributed by atoms with Gasteiger partial charge in [0.15, 0.2) is 0 Å². The lowest BCUT2D eigenvalue weighted by atomic mass is 9.92. The fourth-order valence-corrected chi connectivity index (χ4v) is 4.76. The number of fused-ring (bicyclic) bond motifs is 1. The molecule has 2 aliphatic carbocycles. The Kier molecular flexibility index (Phi) is 4.50. The lowest BCUT2D eigenvalue weighted by molar-refractivity contribution is 0.0599. The number of ether oxygens (including phenoxy) is 1. The van der Waals surface area contributed by atoms with Gasteiger partial charge in [-0.3, -0.25) is 4.79 Å². The van der Waals surface area contributed by atoms with Gasteiger partial charge in [-0.15, -0.1) is 11.3 Å². The average Bonchev–Trinajstić information content (AvgIpc) is 3.07. The summed E-state index contributed by atoms with van der Waals surface area (Å²) in [5.41, 5.74) is 2.19. The molecule has 2 aliphatic rings. The van der Waals surface area contributed by atoms with Crippen molar-refractivity contribution in [3.63, 3.8) is 0 Å². The maximum Gasteiger partial charge on any atom is 0.254 e. The van der Waals surface area contributed by atoms with Crippen molar-refractivity contribution in [1.82, 2.24) is 5.32 Å². The second-order valence-corrected chi connectivity index (χ2v) is 7.10. The minimum Gasteiger partial charge on any atom is -0.381 e. The minimum absolute atomic E-state index is 0.111. The van der Waals surface area contributed by atoms with Crippen LogP contribution in [0.5, 0.6) is 0 Å². The van der Waals surface area contributed by atoms with Gasteiger partial charge in [0.2, 0.25) is 0 Å². The fourth-order valence-electron chi connectivity index (χ4n) is 3.52. The van der Waals surface area contributed by atoms with Crippen LogP contribution in [0, 0.1) is 0 Å². The number of carbonyl (C=O) groups excluding carboxylic acids is 1. The SMILES string of the molecule is CNc1sc2c(c1C(=O)NC1CCC(OC)CC1)CCC2. The van der Waals surface area contributed by atoms with E-state index in [0.717, 1.165) is 49.1 Å². The molecule has 1 aromatic rings. The summed E-state index contributed by atoms with van der Waals surface area (Å²) in [6, 6.07) is 0.297. The first kappa shape index (κ1) is 14.9. The third-order valence-electron chi connectivity index (χ3n) is 4.72. The van der Waals surface area contributed by atoms with Gasteiger partial charge in [0.25, 0.3) is 5.91 Å². The molecule has 21 heavy (non-hydrogen) atoms. The second-order valence-electron chi connectivity index (χ2n) is 5.99. The Labute approximate surface area is 130 Å². The number of hydrogen-bond acceptors (Lipinski definition) is 4. The van der Waals surface area contributed by atoms with Gasteiger partial charge in [-0.1, -0.05) is 0 Å². The summed E-state index contributed by atoms with van der Waals surface area (Å²) in [5.74, 6) is 0.111. The number of carbonyl (C=O) groups is 1. The van der Waals surface area contributed by atoms with Crippen LogP contribution < -0.4 is 10.6 Å².